The largest absolute Gasteiger partial charge is 0.487 e. The molecular formula is C37H40ClN5O4. The number of ether oxygens (including phenoxy) is 3. The van der Waals surface area contributed by atoms with Gasteiger partial charge in [0.1, 0.15) is 30.3 Å². The van der Waals surface area contributed by atoms with Crippen LogP contribution in [0.4, 0.5) is 17.1 Å². The van der Waals surface area contributed by atoms with Gasteiger partial charge in [0.15, 0.2) is 0 Å². The van der Waals surface area contributed by atoms with Crippen molar-refractivity contribution in [1.82, 2.24) is 9.88 Å². The van der Waals surface area contributed by atoms with Crippen molar-refractivity contribution in [3.05, 3.63) is 94.7 Å². The van der Waals surface area contributed by atoms with Crippen LogP contribution in [0.1, 0.15) is 43.9 Å². The van der Waals surface area contributed by atoms with Crippen LogP contribution in [0.25, 0.3) is 10.9 Å². The van der Waals surface area contributed by atoms with Crippen LogP contribution in [-0.4, -0.2) is 55.7 Å². The van der Waals surface area contributed by atoms with E-state index < -0.39 is 0 Å². The number of anilines is 3. The van der Waals surface area contributed by atoms with Crippen LogP contribution in [0.15, 0.2) is 72.9 Å². The van der Waals surface area contributed by atoms with E-state index >= 15 is 0 Å². The molecule has 2 heterocycles. The molecule has 244 valence electrons. The number of nitrogens with one attached hydrogen (secondary N) is 2. The van der Waals surface area contributed by atoms with Crippen molar-refractivity contribution < 1.29 is 19.0 Å². The van der Waals surface area contributed by atoms with Gasteiger partial charge >= 0.3 is 0 Å². The van der Waals surface area contributed by atoms with Crippen molar-refractivity contribution in [2.24, 2.45) is 0 Å². The summed E-state index contributed by atoms with van der Waals surface area (Å²) in [4.78, 5) is 19.4. The molecule has 1 aliphatic heterocycles. The topological polar surface area (TPSA) is 109 Å². The molecule has 1 atom stereocenters. The number of nitriles is 1. The lowest BCUT2D eigenvalue weighted by Gasteiger charge is -2.19. The summed E-state index contributed by atoms with van der Waals surface area (Å²) in [5, 5.41) is 17.3. The normalized spacial score (nSPS) is 14.8. The van der Waals surface area contributed by atoms with Crippen LogP contribution in [0, 0.1) is 11.3 Å². The Bertz CT molecular complexity index is 1800. The van der Waals surface area contributed by atoms with Crippen molar-refractivity contribution in [2.45, 2.75) is 45.3 Å². The van der Waals surface area contributed by atoms with Gasteiger partial charge < -0.3 is 29.7 Å². The van der Waals surface area contributed by atoms with Crippen molar-refractivity contribution >= 4 is 45.5 Å². The molecule has 1 aromatic heterocycles. The number of pyridine rings is 1. The van der Waals surface area contributed by atoms with Gasteiger partial charge in [-0.2, -0.15) is 5.26 Å². The van der Waals surface area contributed by atoms with E-state index in [9.17, 15) is 10.1 Å². The fraction of sp³-hybridized carbons (Fsp3) is 0.324. The Kier molecular flexibility index (Phi) is 10.7. The Morgan fingerprint density at radius 2 is 1.94 bits per heavy atom. The number of aromatic nitrogens is 1. The Morgan fingerprint density at radius 1 is 1.15 bits per heavy atom. The Morgan fingerprint density at radius 3 is 2.60 bits per heavy atom. The molecule has 4 aromatic rings. The second-order valence-corrected chi connectivity index (χ2v) is 13.2. The molecule has 1 saturated heterocycles. The van der Waals surface area contributed by atoms with Crippen molar-refractivity contribution in [2.75, 3.05) is 44.5 Å². The number of hydrogen-bond donors (Lipinski definition) is 2. The fourth-order valence-electron chi connectivity index (χ4n) is 5.07. The van der Waals surface area contributed by atoms with Gasteiger partial charge in [-0.15, -0.1) is 0 Å². The zero-order chi connectivity index (χ0) is 33.6. The van der Waals surface area contributed by atoms with Crippen LogP contribution in [0.2, 0.25) is 5.02 Å². The Labute approximate surface area is 281 Å². The summed E-state index contributed by atoms with van der Waals surface area (Å²) >= 11 is 6.66. The third-order valence-electron chi connectivity index (χ3n) is 7.68. The highest BCUT2D eigenvalue weighted by molar-refractivity contribution is 6.32. The quantitative estimate of drug-likeness (QED) is 0.159. The van der Waals surface area contributed by atoms with Crippen molar-refractivity contribution in [3.63, 3.8) is 0 Å². The lowest BCUT2D eigenvalue weighted by Crippen LogP contribution is -2.18. The third-order valence-corrected chi connectivity index (χ3v) is 7.98. The Hall–Kier alpha value is -4.62. The van der Waals surface area contributed by atoms with Crippen LogP contribution < -0.4 is 20.1 Å². The average molecular weight is 654 g/mol. The molecule has 0 bridgehead atoms. The molecule has 1 aliphatic rings. The number of nitrogens with zero attached hydrogens (tertiary/aromatic N) is 3. The maximum absolute atomic E-state index is 12.9. The van der Waals surface area contributed by atoms with E-state index in [1.54, 1.807) is 30.3 Å². The van der Waals surface area contributed by atoms with Crippen LogP contribution >= 0.6 is 11.6 Å². The molecule has 2 N–H and O–H groups in total. The predicted octanol–water partition coefficient (Wildman–Crippen LogP) is 7.60. The van der Waals surface area contributed by atoms with E-state index in [-0.39, 0.29) is 17.4 Å². The van der Waals surface area contributed by atoms with Gasteiger partial charge in [-0.1, -0.05) is 62.7 Å². The zero-order valence-electron chi connectivity index (χ0n) is 27.4. The van der Waals surface area contributed by atoms with Crippen LogP contribution in [0.5, 0.6) is 11.5 Å². The van der Waals surface area contributed by atoms with E-state index in [1.807, 2.05) is 25.1 Å². The van der Waals surface area contributed by atoms with Crippen molar-refractivity contribution in [1.29, 1.82) is 5.26 Å². The van der Waals surface area contributed by atoms with Gasteiger partial charge in [-0.05, 0) is 54.9 Å². The van der Waals surface area contributed by atoms with Gasteiger partial charge in [0.25, 0.3) is 0 Å². The van der Waals surface area contributed by atoms with E-state index in [2.05, 4.69) is 66.7 Å². The summed E-state index contributed by atoms with van der Waals surface area (Å²) in [6.45, 7) is 8.63. The molecule has 47 heavy (non-hydrogen) atoms. The number of benzene rings is 3. The molecular weight excluding hydrogens is 614 g/mol. The van der Waals surface area contributed by atoms with E-state index in [1.165, 1.54) is 17.8 Å². The van der Waals surface area contributed by atoms with Crippen LogP contribution in [-0.2, 0) is 21.6 Å². The molecule has 1 amide bonds. The minimum Gasteiger partial charge on any atom is -0.487 e. The second-order valence-electron chi connectivity index (χ2n) is 12.8. The van der Waals surface area contributed by atoms with Gasteiger partial charge in [0.05, 0.1) is 40.7 Å². The van der Waals surface area contributed by atoms with Crippen molar-refractivity contribution in [3.8, 4) is 17.6 Å². The highest BCUT2D eigenvalue weighted by Gasteiger charge is 2.21. The number of carbonyl (C=O) groups excluding carboxylic acids is 1. The molecule has 0 spiro atoms. The number of likely N-dealkylation sites (N-methyl/N-ethyl adjacent to an activating group) is 1. The first-order valence-corrected chi connectivity index (χ1v) is 15.9. The first kappa shape index (κ1) is 33.7. The maximum Gasteiger partial charge on any atom is 0.248 e. The highest BCUT2D eigenvalue weighted by Crippen LogP contribution is 2.38. The monoisotopic (exact) mass is 653 g/mol. The molecule has 1 fully saturated rings. The molecule has 3 aromatic carbocycles. The number of fused-ring (bicyclic) bond motifs is 1. The average Bonchev–Trinajstić information content (AvgIpc) is 3.54. The predicted molar refractivity (Wildman–Crippen MR) is 187 cm³/mol. The van der Waals surface area contributed by atoms with Gasteiger partial charge in [-0.25, -0.2) is 0 Å². The number of halogens is 1. The lowest BCUT2D eigenvalue weighted by atomic mass is 9.87. The van der Waals surface area contributed by atoms with Crippen LogP contribution in [0.3, 0.4) is 0 Å². The standard InChI is InChI=1S/C37H40ClN5O4/c1-37(2,3)26-10-8-24(9-11-26)22-46-33-13-12-27(17-30(33)38)41-36-25(20-39)21-40-31-19-34(47-28-14-16-45-23-28)32(18-29(31)36)42-35(44)7-6-15-43(4)5/h6-13,17-19,21,28H,14-16,22-23H2,1-5H3,(H,40,41)(H,42,44)/b7-6+. The minimum atomic E-state index is -0.301. The molecule has 5 rings (SSSR count). The number of rotatable bonds is 11. The van der Waals surface area contributed by atoms with E-state index in [4.69, 9.17) is 25.8 Å². The van der Waals surface area contributed by atoms with Gasteiger partial charge in [0.2, 0.25) is 5.91 Å². The van der Waals surface area contributed by atoms with E-state index in [0.717, 1.165) is 12.0 Å². The Balaban J connectivity index is 1.41. The SMILES string of the molecule is CN(C)C/C=C/C(=O)Nc1cc2c(Nc3ccc(OCc4ccc(C(C)(C)C)cc4)c(Cl)c3)c(C#N)cnc2cc1OC1CCOC1. The third kappa shape index (κ3) is 8.80. The first-order valence-electron chi connectivity index (χ1n) is 15.5. The second kappa shape index (κ2) is 14.9. The molecule has 0 aliphatic carbocycles. The summed E-state index contributed by atoms with van der Waals surface area (Å²) in [5.41, 5.74) is 4.93. The number of amides is 1. The smallest absolute Gasteiger partial charge is 0.248 e. The molecule has 0 saturated carbocycles. The summed E-state index contributed by atoms with van der Waals surface area (Å²) in [7, 11) is 3.85. The molecule has 10 heteroatoms. The zero-order valence-corrected chi connectivity index (χ0v) is 28.1. The number of carbonyl (C=O) groups is 1. The summed E-state index contributed by atoms with van der Waals surface area (Å²) < 4.78 is 17.8. The lowest BCUT2D eigenvalue weighted by molar-refractivity contribution is -0.111. The molecule has 9 nitrogen and oxygen atoms in total. The molecule has 1 unspecified atom stereocenters. The highest BCUT2D eigenvalue weighted by atomic mass is 35.5. The summed E-state index contributed by atoms with van der Waals surface area (Å²) in [5.74, 6) is 0.718. The summed E-state index contributed by atoms with van der Waals surface area (Å²) in [6.07, 6.45) is 5.38. The van der Waals surface area contributed by atoms with E-state index in [0.29, 0.717) is 76.4 Å². The van der Waals surface area contributed by atoms with Gasteiger partial charge in [-0.3, -0.25) is 9.78 Å². The first-order chi connectivity index (χ1) is 22.5. The number of hydrogen-bond acceptors (Lipinski definition) is 8. The molecule has 0 radical (unpaired) electrons. The maximum atomic E-state index is 12.9. The summed E-state index contributed by atoms with van der Waals surface area (Å²) in [6, 6.07) is 19.5. The fourth-order valence-corrected chi connectivity index (χ4v) is 5.30. The van der Waals surface area contributed by atoms with Gasteiger partial charge in [0, 0.05) is 42.4 Å². The minimum absolute atomic E-state index is 0.0800.